The Balaban J connectivity index is 1.55. The van der Waals surface area contributed by atoms with Crippen molar-refractivity contribution in [2.24, 2.45) is 0 Å². The van der Waals surface area contributed by atoms with E-state index in [1.165, 1.54) is 16.7 Å². The molecule has 2 amide bonds. The Kier molecular flexibility index (Phi) is 5.65. The highest BCUT2D eigenvalue weighted by molar-refractivity contribution is 7.99. The van der Waals surface area contributed by atoms with Crippen LogP contribution in [0.3, 0.4) is 0 Å². The molecule has 0 saturated heterocycles. The van der Waals surface area contributed by atoms with E-state index in [4.69, 9.17) is 11.6 Å². The molecule has 1 N–H and O–H groups in total. The molecule has 1 aliphatic carbocycles. The van der Waals surface area contributed by atoms with Gasteiger partial charge in [-0.1, -0.05) is 29.4 Å². The first-order valence-corrected chi connectivity index (χ1v) is 9.34. The van der Waals surface area contributed by atoms with Gasteiger partial charge in [0.25, 0.3) is 0 Å². The zero-order valence-corrected chi connectivity index (χ0v) is 15.4. The highest BCUT2D eigenvalue weighted by Gasteiger charge is 2.24. The van der Waals surface area contributed by atoms with E-state index >= 15 is 0 Å². The van der Waals surface area contributed by atoms with E-state index in [-0.39, 0.29) is 24.1 Å². The van der Waals surface area contributed by atoms with Crippen LogP contribution in [0.25, 0.3) is 5.69 Å². The van der Waals surface area contributed by atoms with Gasteiger partial charge in [0.05, 0.1) is 12.3 Å². The van der Waals surface area contributed by atoms with Crippen molar-refractivity contribution in [2.45, 2.75) is 24.0 Å². The van der Waals surface area contributed by atoms with Crippen molar-refractivity contribution in [2.75, 3.05) is 19.3 Å². The Bertz CT molecular complexity index is 776. The van der Waals surface area contributed by atoms with Gasteiger partial charge in [0, 0.05) is 36.2 Å². The molecule has 6 nitrogen and oxygen atoms in total. The van der Waals surface area contributed by atoms with Gasteiger partial charge in [-0.25, -0.2) is 4.98 Å². The molecule has 1 saturated carbocycles. The van der Waals surface area contributed by atoms with Gasteiger partial charge < -0.3 is 10.2 Å². The number of rotatable bonds is 7. The van der Waals surface area contributed by atoms with Crippen molar-refractivity contribution in [3.63, 3.8) is 0 Å². The van der Waals surface area contributed by atoms with Crippen LogP contribution in [-0.4, -0.2) is 51.7 Å². The van der Waals surface area contributed by atoms with E-state index in [1.54, 1.807) is 19.3 Å². The highest BCUT2D eigenvalue weighted by Crippen LogP contribution is 2.22. The predicted octanol–water partition coefficient (Wildman–Crippen LogP) is 2.35. The number of nitrogens with one attached hydrogen (secondary N) is 1. The van der Waals surface area contributed by atoms with Crippen LogP contribution in [0.4, 0.5) is 0 Å². The normalized spacial score (nSPS) is 13.5. The SMILES string of the molecule is CN(CC(=O)NC1CC1)C(=O)CSc1nccn1-c1cccc(Cl)c1. The zero-order valence-electron chi connectivity index (χ0n) is 13.8. The number of nitrogens with zero attached hydrogens (tertiary/aromatic N) is 3. The molecule has 0 aliphatic heterocycles. The van der Waals surface area contributed by atoms with Crippen molar-refractivity contribution in [3.05, 3.63) is 41.7 Å². The van der Waals surface area contributed by atoms with E-state index in [0.29, 0.717) is 16.2 Å². The number of halogens is 1. The van der Waals surface area contributed by atoms with Crippen LogP contribution < -0.4 is 5.32 Å². The molecule has 0 bridgehead atoms. The van der Waals surface area contributed by atoms with Crippen LogP contribution in [0.15, 0.2) is 41.8 Å². The number of benzene rings is 1. The van der Waals surface area contributed by atoms with Gasteiger partial charge in [-0.15, -0.1) is 0 Å². The molecule has 8 heteroatoms. The molecular formula is C17H19ClN4O2S. The van der Waals surface area contributed by atoms with Gasteiger partial charge in [0.1, 0.15) is 0 Å². The first-order chi connectivity index (χ1) is 12.0. The Morgan fingerprint density at radius 3 is 2.96 bits per heavy atom. The molecule has 1 aromatic carbocycles. The zero-order chi connectivity index (χ0) is 17.8. The van der Waals surface area contributed by atoms with Crippen molar-refractivity contribution >= 4 is 35.2 Å². The minimum atomic E-state index is -0.114. The number of carbonyl (C=O) groups excluding carboxylic acids is 2. The van der Waals surface area contributed by atoms with Gasteiger partial charge in [-0.05, 0) is 31.0 Å². The minimum Gasteiger partial charge on any atom is -0.352 e. The van der Waals surface area contributed by atoms with E-state index in [0.717, 1.165) is 18.5 Å². The summed E-state index contributed by atoms with van der Waals surface area (Å²) < 4.78 is 1.88. The molecule has 3 rings (SSSR count). The first kappa shape index (κ1) is 17.8. The fourth-order valence-electron chi connectivity index (χ4n) is 2.26. The monoisotopic (exact) mass is 378 g/mol. The lowest BCUT2D eigenvalue weighted by atomic mass is 10.3. The molecule has 0 unspecified atom stereocenters. The number of amides is 2. The standard InChI is InChI=1S/C17H19ClN4O2S/c1-21(10-15(23)20-13-5-6-13)16(24)11-25-17-19-7-8-22(17)14-4-2-3-12(18)9-14/h2-4,7-9,13H,5-6,10-11H2,1H3,(H,20,23). The Labute approximate surface area is 155 Å². The molecule has 132 valence electrons. The second-order valence-corrected chi connectivity index (χ2v) is 7.32. The third-order valence-corrected chi connectivity index (χ3v) is 4.95. The number of hydrogen-bond donors (Lipinski definition) is 1. The molecule has 2 aromatic rings. The molecule has 0 spiro atoms. The van der Waals surface area contributed by atoms with Crippen LogP contribution in [0.5, 0.6) is 0 Å². The maximum Gasteiger partial charge on any atom is 0.239 e. The van der Waals surface area contributed by atoms with Gasteiger partial charge in [-0.2, -0.15) is 0 Å². The molecule has 25 heavy (non-hydrogen) atoms. The molecule has 1 fully saturated rings. The van der Waals surface area contributed by atoms with Gasteiger partial charge >= 0.3 is 0 Å². The topological polar surface area (TPSA) is 67.2 Å². The van der Waals surface area contributed by atoms with Crippen LogP contribution in [0, 0.1) is 0 Å². The summed E-state index contributed by atoms with van der Waals surface area (Å²) in [5, 5.41) is 4.22. The Morgan fingerprint density at radius 1 is 1.44 bits per heavy atom. The molecule has 1 heterocycles. The summed E-state index contributed by atoms with van der Waals surface area (Å²) in [5.74, 6) is -0.00880. The van der Waals surface area contributed by atoms with E-state index in [9.17, 15) is 9.59 Å². The lowest BCUT2D eigenvalue weighted by molar-refractivity contribution is -0.132. The maximum absolute atomic E-state index is 12.2. The number of aromatic nitrogens is 2. The van der Waals surface area contributed by atoms with Crippen molar-refractivity contribution in [1.82, 2.24) is 19.8 Å². The summed E-state index contributed by atoms with van der Waals surface area (Å²) in [6, 6.07) is 7.73. The van der Waals surface area contributed by atoms with Crippen molar-refractivity contribution in [3.8, 4) is 5.69 Å². The smallest absolute Gasteiger partial charge is 0.239 e. The van der Waals surface area contributed by atoms with Gasteiger partial charge in [0.2, 0.25) is 11.8 Å². The predicted molar refractivity (Wildman–Crippen MR) is 98.1 cm³/mol. The van der Waals surface area contributed by atoms with Crippen LogP contribution in [0.2, 0.25) is 5.02 Å². The summed E-state index contributed by atoms with van der Waals surface area (Å²) in [6.45, 7) is 0.0820. The highest BCUT2D eigenvalue weighted by atomic mass is 35.5. The van der Waals surface area contributed by atoms with Crippen LogP contribution >= 0.6 is 23.4 Å². The summed E-state index contributed by atoms with van der Waals surface area (Å²) in [5.41, 5.74) is 0.886. The van der Waals surface area contributed by atoms with Crippen molar-refractivity contribution < 1.29 is 9.59 Å². The summed E-state index contributed by atoms with van der Waals surface area (Å²) in [4.78, 5) is 29.8. The van der Waals surface area contributed by atoms with Crippen LogP contribution in [-0.2, 0) is 9.59 Å². The summed E-state index contributed by atoms with van der Waals surface area (Å²) in [7, 11) is 1.64. The molecular weight excluding hydrogens is 360 g/mol. The van der Waals surface area contributed by atoms with E-state index < -0.39 is 0 Å². The average molecular weight is 379 g/mol. The maximum atomic E-state index is 12.2. The van der Waals surface area contributed by atoms with E-state index in [2.05, 4.69) is 10.3 Å². The van der Waals surface area contributed by atoms with E-state index in [1.807, 2.05) is 29.0 Å². The fraction of sp³-hybridized carbons (Fsp3) is 0.353. The number of imidazole rings is 1. The lowest BCUT2D eigenvalue weighted by Gasteiger charge is -2.16. The molecule has 0 radical (unpaired) electrons. The molecule has 1 aliphatic rings. The average Bonchev–Trinajstić information content (AvgIpc) is 3.25. The summed E-state index contributed by atoms with van der Waals surface area (Å²) in [6.07, 6.45) is 5.57. The Morgan fingerprint density at radius 2 is 2.24 bits per heavy atom. The summed E-state index contributed by atoms with van der Waals surface area (Å²) >= 11 is 7.36. The third-order valence-electron chi connectivity index (χ3n) is 3.77. The van der Waals surface area contributed by atoms with Gasteiger partial charge in [-0.3, -0.25) is 14.2 Å². The minimum absolute atomic E-state index is 0.0820. The molecule has 1 aromatic heterocycles. The van der Waals surface area contributed by atoms with Crippen molar-refractivity contribution in [1.29, 1.82) is 0 Å². The first-order valence-electron chi connectivity index (χ1n) is 7.98. The van der Waals surface area contributed by atoms with Gasteiger partial charge in [0.15, 0.2) is 5.16 Å². The lowest BCUT2D eigenvalue weighted by Crippen LogP contribution is -2.39. The quantitative estimate of drug-likeness (QED) is 0.751. The Hall–Kier alpha value is -1.99. The fourth-order valence-corrected chi connectivity index (χ4v) is 3.36. The number of thioether (sulfide) groups is 1. The number of likely N-dealkylation sites (N-methyl/N-ethyl adjacent to an activating group) is 1. The third kappa shape index (κ3) is 4.99. The largest absolute Gasteiger partial charge is 0.352 e. The molecule has 0 atom stereocenters. The number of hydrogen-bond acceptors (Lipinski definition) is 4. The van der Waals surface area contributed by atoms with Crippen LogP contribution in [0.1, 0.15) is 12.8 Å². The number of carbonyl (C=O) groups is 2. The second-order valence-electron chi connectivity index (χ2n) is 5.94. The second kappa shape index (κ2) is 7.93.